The molecule has 10 heteroatoms. The highest BCUT2D eigenvalue weighted by molar-refractivity contribution is 7.92. The van der Waals surface area contributed by atoms with Crippen molar-refractivity contribution in [1.29, 1.82) is 0 Å². The summed E-state index contributed by atoms with van der Waals surface area (Å²) >= 11 is 0. The van der Waals surface area contributed by atoms with Gasteiger partial charge in [-0.05, 0) is 12.1 Å². The van der Waals surface area contributed by atoms with Crippen LogP contribution in [0.3, 0.4) is 0 Å². The summed E-state index contributed by atoms with van der Waals surface area (Å²) in [5.41, 5.74) is 0.516. The summed E-state index contributed by atoms with van der Waals surface area (Å²) in [5, 5.41) is 4.08. The Morgan fingerprint density at radius 3 is 2.38 bits per heavy atom. The lowest BCUT2D eigenvalue weighted by Crippen LogP contribution is -2.32. The topological polar surface area (TPSA) is 127 Å². The minimum absolute atomic E-state index is 0.0971. The lowest BCUT2D eigenvalue weighted by atomic mass is 10.2. The van der Waals surface area contributed by atoms with E-state index in [1.807, 2.05) is 0 Å². The molecule has 0 aliphatic carbocycles. The normalized spacial score (nSPS) is 19.8. The molecule has 1 aromatic carbocycles. The molecule has 1 atom stereocenters. The highest BCUT2D eigenvalue weighted by atomic mass is 32.2. The Labute approximate surface area is 123 Å². The highest BCUT2D eigenvalue weighted by Gasteiger charge is 2.38. The zero-order chi connectivity index (χ0) is 15.8. The number of hydrogen-bond donors (Lipinski definition) is 2. The number of primary sulfonamides is 1. The maximum atomic E-state index is 12.0. The van der Waals surface area contributed by atoms with Crippen molar-refractivity contribution in [3.63, 3.8) is 0 Å². The van der Waals surface area contributed by atoms with E-state index in [1.54, 1.807) is 12.1 Å². The summed E-state index contributed by atoms with van der Waals surface area (Å²) in [6.07, 6.45) is 0.773. The van der Waals surface area contributed by atoms with E-state index < -0.39 is 31.2 Å². The van der Waals surface area contributed by atoms with E-state index in [0.717, 1.165) is 6.26 Å². The van der Waals surface area contributed by atoms with Gasteiger partial charge < -0.3 is 4.90 Å². The molecular weight excluding hydrogens is 318 g/mol. The number of sulfonamides is 2. The maximum Gasteiger partial charge on any atom is 0.229 e. The second-order valence-electron chi connectivity index (χ2n) is 4.81. The van der Waals surface area contributed by atoms with Crippen molar-refractivity contribution in [3.05, 3.63) is 24.3 Å². The predicted octanol–water partition coefficient (Wildman–Crippen LogP) is -0.548. The Balaban J connectivity index is 2.37. The van der Waals surface area contributed by atoms with Crippen LogP contribution in [0.15, 0.2) is 24.3 Å². The molecule has 1 aliphatic rings. The number of hydrogen-bond acceptors (Lipinski definition) is 5. The van der Waals surface area contributed by atoms with Gasteiger partial charge in [0.05, 0.1) is 17.6 Å². The van der Waals surface area contributed by atoms with Gasteiger partial charge in [0, 0.05) is 13.0 Å². The zero-order valence-electron chi connectivity index (χ0n) is 11.2. The maximum absolute atomic E-state index is 12.0. The van der Waals surface area contributed by atoms with Gasteiger partial charge in [0.25, 0.3) is 0 Å². The molecule has 1 aliphatic heterocycles. The van der Waals surface area contributed by atoms with Crippen LogP contribution in [-0.2, 0) is 24.8 Å². The van der Waals surface area contributed by atoms with E-state index in [2.05, 4.69) is 4.72 Å². The minimum Gasteiger partial charge on any atom is -0.309 e. The van der Waals surface area contributed by atoms with Gasteiger partial charge in [0.15, 0.2) is 0 Å². The first-order chi connectivity index (χ1) is 9.58. The summed E-state index contributed by atoms with van der Waals surface area (Å²) < 4.78 is 47.7. The molecule has 8 nitrogen and oxygen atoms in total. The Morgan fingerprint density at radius 1 is 1.24 bits per heavy atom. The molecule has 1 fully saturated rings. The first-order valence-corrected chi connectivity index (χ1v) is 9.47. The molecular formula is C11H15N3O5S2. The Kier molecular flexibility index (Phi) is 3.95. The van der Waals surface area contributed by atoms with Crippen molar-refractivity contribution in [2.24, 2.45) is 5.14 Å². The molecule has 21 heavy (non-hydrogen) atoms. The Hall–Kier alpha value is -1.65. The lowest BCUT2D eigenvalue weighted by Gasteiger charge is -2.20. The van der Waals surface area contributed by atoms with Crippen LogP contribution in [-0.4, -0.2) is 40.8 Å². The van der Waals surface area contributed by atoms with Gasteiger partial charge in [0.1, 0.15) is 5.25 Å². The third-order valence-corrected chi connectivity index (χ3v) is 4.88. The van der Waals surface area contributed by atoms with Gasteiger partial charge in [-0.25, -0.2) is 22.0 Å². The molecule has 116 valence electrons. The number of amides is 1. The highest BCUT2D eigenvalue weighted by Crippen LogP contribution is 2.31. The van der Waals surface area contributed by atoms with E-state index in [9.17, 15) is 21.6 Å². The number of carbonyl (C=O) groups excluding carboxylic acids is 1. The molecule has 0 aromatic heterocycles. The molecule has 0 spiro atoms. The summed E-state index contributed by atoms with van der Waals surface area (Å²) in [6, 6.07) is 6.26. The van der Waals surface area contributed by atoms with E-state index in [-0.39, 0.29) is 18.7 Å². The van der Waals surface area contributed by atoms with Crippen LogP contribution in [0.2, 0.25) is 0 Å². The van der Waals surface area contributed by atoms with E-state index in [4.69, 9.17) is 5.14 Å². The third kappa shape index (κ3) is 3.71. The minimum atomic E-state index is -3.83. The molecule has 1 unspecified atom stereocenters. The molecule has 1 amide bonds. The fraction of sp³-hybridized carbons (Fsp3) is 0.364. The number of carbonyl (C=O) groups is 1. The predicted molar refractivity (Wildman–Crippen MR) is 78.8 cm³/mol. The van der Waals surface area contributed by atoms with Crippen molar-refractivity contribution >= 4 is 37.3 Å². The first kappa shape index (κ1) is 15.7. The van der Waals surface area contributed by atoms with Crippen LogP contribution in [0.5, 0.6) is 0 Å². The van der Waals surface area contributed by atoms with Crippen molar-refractivity contribution in [2.45, 2.75) is 11.7 Å². The van der Waals surface area contributed by atoms with Gasteiger partial charge in [-0.2, -0.15) is 0 Å². The largest absolute Gasteiger partial charge is 0.309 e. The zero-order valence-corrected chi connectivity index (χ0v) is 12.8. The van der Waals surface area contributed by atoms with Crippen LogP contribution < -0.4 is 14.8 Å². The van der Waals surface area contributed by atoms with Crippen LogP contribution in [0.25, 0.3) is 0 Å². The summed E-state index contributed by atoms with van der Waals surface area (Å²) in [7, 11) is -7.35. The summed E-state index contributed by atoms with van der Waals surface area (Å²) in [5.74, 6) is -0.420. The summed E-state index contributed by atoms with van der Waals surface area (Å²) in [4.78, 5) is 13.2. The van der Waals surface area contributed by atoms with Gasteiger partial charge in [0.2, 0.25) is 26.0 Å². The lowest BCUT2D eigenvalue weighted by molar-refractivity contribution is -0.117. The SMILES string of the molecule is CS(=O)(=O)Nc1ccccc1N1CC(S(N)(=O)=O)CC1=O. The number of para-hydroxylation sites is 2. The second kappa shape index (κ2) is 5.28. The number of rotatable bonds is 4. The standard InChI is InChI=1S/C11H15N3O5S2/c1-20(16,17)13-9-4-2-3-5-10(9)14-7-8(6-11(14)15)21(12,18)19/h2-5,8,13H,6-7H2,1H3,(H2,12,18,19). The van der Waals surface area contributed by atoms with Crippen LogP contribution in [0.4, 0.5) is 11.4 Å². The number of nitrogens with one attached hydrogen (secondary N) is 1. The Morgan fingerprint density at radius 2 is 1.86 bits per heavy atom. The average Bonchev–Trinajstić information content (AvgIpc) is 2.70. The molecule has 0 radical (unpaired) electrons. The molecule has 3 N–H and O–H groups in total. The fourth-order valence-electron chi connectivity index (χ4n) is 2.12. The monoisotopic (exact) mass is 333 g/mol. The number of anilines is 2. The number of nitrogens with two attached hydrogens (primary N) is 1. The molecule has 1 saturated heterocycles. The third-order valence-electron chi connectivity index (χ3n) is 3.04. The van der Waals surface area contributed by atoms with Crippen LogP contribution in [0, 0.1) is 0 Å². The van der Waals surface area contributed by atoms with E-state index >= 15 is 0 Å². The van der Waals surface area contributed by atoms with Crippen molar-refractivity contribution in [1.82, 2.24) is 0 Å². The molecule has 1 aromatic rings. The quantitative estimate of drug-likeness (QED) is 0.764. The molecule has 2 rings (SSSR count). The van der Waals surface area contributed by atoms with Crippen molar-refractivity contribution in [2.75, 3.05) is 22.4 Å². The first-order valence-electron chi connectivity index (χ1n) is 5.97. The van der Waals surface area contributed by atoms with Gasteiger partial charge in [-0.1, -0.05) is 12.1 Å². The molecule has 0 bridgehead atoms. The van der Waals surface area contributed by atoms with Gasteiger partial charge in [-0.3, -0.25) is 9.52 Å². The van der Waals surface area contributed by atoms with Gasteiger partial charge in [-0.15, -0.1) is 0 Å². The second-order valence-corrected chi connectivity index (χ2v) is 8.40. The van der Waals surface area contributed by atoms with Crippen LogP contribution >= 0.6 is 0 Å². The van der Waals surface area contributed by atoms with Crippen molar-refractivity contribution < 1.29 is 21.6 Å². The number of nitrogens with zero attached hydrogens (tertiary/aromatic N) is 1. The number of benzene rings is 1. The Bertz CT molecular complexity index is 773. The smallest absolute Gasteiger partial charge is 0.229 e. The van der Waals surface area contributed by atoms with Crippen molar-refractivity contribution in [3.8, 4) is 0 Å². The van der Waals surface area contributed by atoms with Crippen LogP contribution in [0.1, 0.15) is 6.42 Å². The molecule has 1 heterocycles. The fourth-order valence-corrected chi connectivity index (χ4v) is 3.43. The molecule has 0 saturated carbocycles. The van der Waals surface area contributed by atoms with Gasteiger partial charge >= 0.3 is 0 Å². The van der Waals surface area contributed by atoms with E-state index in [0.29, 0.717) is 5.69 Å². The van der Waals surface area contributed by atoms with E-state index in [1.165, 1.54) is 17.0 Å². The summed E-state index contributed by atoms with van der Waals surface area (Å²) in [6.45, 7) is -0.0971. The average molecular weight is 333 g/mol.